The summed E-state index contributed by atoms with van der Waals surface area (Å²) in [6, 6.07) is 5.09. The van der Waals surface area contributed by atoms with Crippen molar-refractivity contribution in [2.45, 2.75) is 37.8 Å². The average Bonchev–Trinajstić information content (AvgIpc) is 3.30. The maximum atomic E-state index is 13.9. The number of nitrogens with one attached hydrogen (secondary N) is 4. The monoisotopic (exact) mass is 569 g/mol. The van der Waals surface area contributed by atoms with E-state index in [2.05, 4.69) is 21.3 Å². The van der Waals surface area contributed by atoms with E-state index < -0.39 is 41.8 Å². The van der Waals surface area contributed by atoms with Crippen LogP contribution >= 0.6 is 22.9 Å². The van der Waals surface area contributed by atoms with Gasteiger partial charge >= 0.3 is 6.03 Å². The lowest BCUT2D eigenvalue weighted by Gasteiger charge is -2.29. The van der Waals surface area contributed by atoms with Gasteiger partial charge in [-0.15, -0.1) is 11.3 Å². The van der Waals surface area contributed by atoms with Gasteiger partial charge in [0, 0.05) is 30.4 Å². The number of hydrogen-bond acceptors (Lipinski definition) is 6. The molecule has 1 aromatic carbocycles. The molecule has 4 N–H and O–H groups in total. The van der Waals surface area contributed by atoms with Crippen LogP contribution in [0.5, 0.6) is 0 Å². The van der Waals surface area contributed by atoms with E-state index in [1.165, 1.54) is 23.1 Å². The van der Waals surface area contributed by atoms with Gasteiger partial charge in [0.1, 0.15) is 12.6 Å². The van der Waals surface area contributed by atoms with Crippen LogP contribution in [0.25, 0.3) is 0 Å². The molecular weight excluding hydrogens is 544 g/mol. The van der Waals surface area contributed by atoms with Crippen molar-refractivity contribution in [1.82, 2.24) is 16.0 Å². The van der Waals surface area contributed by atoms with Crippen molar-refractivity contribution in [3.63, 3.8) is 0 Å². The summed E-state index contributed by atoms with van der Waals surface area (Å²) in [5.41, 5.74) is -0.367. The van der Waals surface area contributed by atoms with Crippen LogP contribution in [0, 0.1) is 0 Å². The molecule has 0 spiro atoms. The number of morpholine rings is 1. The molecule has 10 nitrogen and oxygen atoms in total. The third-order valence-electron chi connectivity index (χ3n) is 6.13. The molecule has 1 saturated heterocycles. The zero-order valence-corrected chi connectivity index (χ0v) is 21.7. The topological polar surface area (TPSA) is 129 Å². The molecule has 0 radical (unpaired) electrons. The molecule has 2 aliphatic rings. The van der Waals surface area contributed by atoms with Crippen LogP contribution in [-0.4, -0.2) is 62.1 Å². The Labute approximate surface area is 226 Å². The van der Waals surface area contributed by atoms with Crippen LogP contribution in [0.3, 0.4) is 0 Å². The predicted molar refractivity (Wildman–Crippen MR) is 138 cm³/mol. The third-order valence-corrected chi connectivity index (χ3v) is 7.36. The number of halogens is 3. The zero-order valence-electron chi connectivity index (χ0n) is 20.1. The van der Waals surface area contributed by atoms with Gasteiger partial charge < -0.3 is 30.9 Å². The minimum atomic E-state index is -2.92. The maximum absolute atomic E-state index is 13.9. The Morgan fingerprint density at radius 1 is 1.18 bits per heavy atom. The Hall–Kier alpha value is -3.29. The molecule has 1 aliphatic carbocycles. The second kappa shape index (κ2) is 12.5. The maximum Gasteiger partial charge on any atom is 0.315 e. The molecular formula is C24H26ClF2N5O5S. The van der Waals surface area contributed by atoms with Crippen molar-refractivity contribution in [2.75, 3.05) is 36.5 Å². The smallest absolute Gasteiger partial charge is 0.315 e. The van der Waals surface area contributed by atoms with Crippen LogP contribution in [0.4, 0.5) is 25.0 Å². The van der Waals surface area contributed by atoms with E-state index in [-0.39, 0.29) is 43.7 Å². The summed E-state index contributed by atoms with van der Waals surface area (Å²) in [5.74, 6) is -1.66. The van der Waals surface area contributed by atoms with E-state index in [9.17, 15) is 28.0 Å². The third kappa shape index (κ3) is 6.97. The Bertz CT molecular complexity index is 1210. The molecule has 1 atom stereocenters. The van der Waals surface area contributed by atoms with E-state index in [1.54, 1.807) is 6.07 Å². The quantitative estimate of drug-likeness (QED) is 0.368. The van der Waals surface area contributed by atoms with Crippen molar-refractivity contribution in [2.24, 2.45) is 0 Å². The number of carbonyl (C=O) groups excluding carboxylic acids is 4. The fraction of sp³-hybridized carbons (Fsp3) is 0.417. The lowest BCUT2D eigenvalue weighted by molar-refractivity contribution is -0.125. The minimum absolute atomic E-state index is 0.00519. The van der Waals surface area contributed by atoms with Gasteiger partial charge in [-0.05, 0) is 49.6 Å². The molecule has 2 heterocycles. The molecule has 0 unspecified atom stereocenters. The first kappa shape index (κ1) is 27.7. The Morgan fingerprint density at radius 3 is 2.61 bits per heavy atom. The van der Waals surface area contributed by atoms with E-state index in [4.69, 9.17) is 16.3 Å². The Morgan fingerprint density at radius 2 is 1.97 bits per heavy atom. The molecule has 2 aromatic rings. The van der Waals surface area contributed by atoms with Crippen molar-refractivity contribution in [3.8, 4) is 0 Å². The molecule has 38 heavy (non-hydrogen) atoms. The number of benzene rings is 1. The molecule has 204 valence electrons. The Balaban J connectivity index is 1.47. The number of ether oxygens (including phenoxy) is 1. The first-order valence-electron chi connectivity index (χ1n) is 11.9. The SMILES string of the molecule is O=C(NC1CCC1)N[C@@H](CNC(=O)c1ccc(Cl)s1)C(=O)Nc1ccc(N2CCOCC2=O)c(C(F)F)c1. The lowest BCUT2D eigenvalue weighted by Crippen LogP contribution is -2.55. The van der Waals surface area contributed by atoms with Crippen LogP contribution in [-0.2, 0) is 14.3 Å². The summed E-state index contributed by atoms with van der Waals surface area (Å²) >= 11 is 6.93. The van der Waals surface area contributed by atoms with Gasteiger partial charge in [0.15, 0.2) is 0 Å². The van der Waals surface area contributed by atoms with Crippen molar-refractivity contribution in [3.05, 3.63) is 45.1 Å². The molecule has 5 amide bonds. The summed E-state index contributed by atoms with van der Waals surface area (Å²) in [6.45, 7) is -0.130. The van der Waals surface area contributed by atoms with Gasteiger partial charge in [-0.2, -0.15) is 0 Å². The van der Waals surface area contributed by atoms with Gasteiger partial charge in [-0.25, -0.2) is 13.6 Å². The number of anilines is 2. The summed E-state index contributed by atoms with van der Waals surface area (Å²) in [4.78, 5) is 51.7. The van der Waals surface area contributed by atoms with E-state index >= 15 is 0 Å². The number of hydrogen-bond donors (Lipinski definition) is 4. The molecule has 2 fully saturated rings. The number of carbonyl (C=O) groups is 4. The van der Waals surface area contributed by atoms with Crippen molar-refractivity contribution in [1.29, 1.82) is 0 Å². The van der Waals surface area contributed by atoms with Crippen molar-refractivity contribution >= 4 is 58.1 Å². The molecule has 4 rings (SSSR count). The second-order valence-electron chi connectivity index (χ2n) is 8.77. The van der Waals surface area contributed by atoms with E-state index in [0.29, 0.717) is 9.21 Å². The molecule has 1 saturated carbocycles. The molecule has 1 aromatic heterocycles. The van der Waals surface area contributed by atoms with Crippen LogP contribution in [0.15, 0.2) is 30.3 Å². The number of amides is 5. The highest BCUT2D eigenvalue weighted by molar-refractivity contribution is 7.18. The van der Waals surface area contributed by atoms with Crippen molar-refractivity contribution < 1.29 is 32.7 Å². The largest absolute Gasteiger partial charge is 0.370 e. The first-order valence-corrected chi connectivity index (χ1v) is 13.1. The van der Waals surface area contributed by atoms with E-state index in [1.807, 2.05) is 0 Å². The first-order chi connectivity index (χ1) is 18.2. The second-order valence-corrected chi connectivity index (χ2v) is 10.5. The van der Waals surface area contributed by atoms with Gasteiger partial charge in [-0.1, -0.05) is 11.6 Å². The molecule has 1 aliphatic heterocycles. The number of nitrogens with zero attached hydrogens (tertiary/aromatic N) is 1. The fourth-order valence-electron chi connectivity index (χ4n) is 3.92. The summed E-state index contributed by atoms with van der Waals surface area (Å²) in [5, 5.41) is 10.4. The van der Waals surface area contributed by atoms with E-state index in [0.717, 1.165) is 36.7 Å². The van der Waals surface area contributed by atoms with Crippen LogP contribution in [0.1, 0.15) is 40.9 Å². The number of urea groups is 1. The standard InChI is InChI=1S/C24H26ClF2N5O5S/c25-19-7-6-18(38-19)23(35)28-11-16(31-24(36)30-13-2-1-3-13)22(34)29-14-4-5-17(15(10-14)21(26)27)32-8-9-37-12-20(32)33/h4-7,10,13,16,21H,1-3,8-9,11-12H2,(H,28,35)(H,29,34)(H2,30,31,36)/t16-/m0/s1. The average molecular weight is 570 g/mol. The molecule has 0 bridgehead atoms. The highest BCUT2D eigenvalue weighted by Crippen LogP contribution is 2.33. The zero-order chi connectivity index (χ0) is 27.2. The summed E-state index contributed by atoms with van der Waals surface area (Å²) in [6.07, 6.45) is -0.271. The van der Waals surface area contributed by atoms with Crippen LogP contribution < -0.4 is 26.2 Å². The fourth-order valence-corrected chi connectivity index (χ4v) is 4.88. The predicted octanol–water partition coefficient (Wildman–Crippen LogP) is 3.29. The lowest BCUT2D eigenvalue weighted by atomic mass is 9.93. The van der Waals surface area contributed by atoms with Gasteiger partial charge in [-0.3, -0.25) is 14.4 Å². The highest BCUT2D eigenvalue weighted by Gasteiger charge is 2.28. The molecule has 14 heteroatoms. The van der Waals surface area contributed by atoms with Gasteiger partial charge in [0.05, 0.1) is 21.5 Å². The summed E-state index contributed by atoms with van der Waals surface area (Å²) in [7, 11) is 0. The van der Waals surface area contributed by atoms with Gasteiger partial charge in [0.25, 0.3) is 18.2 Å². The number of alkyl halides is 2. The van der Waals surface area contributed by atoms with Crippen LogP contribution in [0.2, 0.25) is 4.34 Å². The van der Waals surface area contributed by atoms with Gasteiger partial charge in [0.2, 0.25) is 5.91 Å². The normalized spacial score (nSPS) is 16.5. The summed E-state index contributed by atoms with van der Waals surface area (Å²) < 4.78 is 33.3. The highest BCUT2D eigenvalue weighted by atomic mass is 35.5. The minimum Gasteiger partial charge on any atom is -0.370 e. The number of rotatable bonds is 9. The Kier molecular flexibility index (Phi) is 9.13. The number of thiophene rings is 1.